The van der Waals surface area contributed by atoms with Gasteiger partial charge in [0.2, 0.25) is 0 Å². The number of nitrogens with two attached hydrogens (primary N) is 1. The second-order valence-electron chi connectivity index (χ2n) is 1.95. The first kappa shape index (κ1) is 7.14. The number of thiocarbonyl (C=S) groups is 1. The zero-order valence-corrected chi connectivity index (χ0v) is 6.38. The van der Waals surface area contributed by atoms with Crippen LogP contribution in [-0.4, -0.2) is 19.8 Å². The van der Waals surface area contributed by atoms with Gasteiger partial charge in [0.05, 0.1) is 4.99 Å². The maximum atomic E-state index is 5.37. The Balaban J connectivity index is 2.77. The van der Waals surface area contributed by atoms with Crippen molar-refractivity contribution in [3.63, 3.8) is 0 Å². The van der Waals surface area contributed by atoms with Crippen molar-refractivity contribution in [2.45, 2.75) is 13.0 Å². The van der Waals surface area contributed by atoms with Crippen molar-refractivity contribution in [1.82, 2.24) is 14.8 Å². The van der Waals surface area contributed by atoms with Gasteiger partial charge >= 0.3 is 0 Å². The summed E-state index contributed by atoms with van der Waals surface area (Å²) in [7, 11) is 0. The van der Waals surface area contributed by atoms with Gasteiger partial charge < -0.3 is 5.73 Å². The predicted octanol–water partition coefficient (Wildman–Crippen LogP) is 0.125. The quantitative estimate of drug-likeness (QED) is 0.618. The van der Waals surface area contributed by atoms with Crippen LogP contribution >= 0.6 is 12.2 Å². The molecule has 0 aromatic carbocycles. The Kier molecular flexibility index (Phi) is 1.96. The molecule has 0 radical (unpaired) electrons. The molecule has 1 heterocycles. The third-order valence-electron chi connectivity index (χ3n) is 1.25. The molecular weight excluding hydrogens is 148 g/mol. The molecule has 0 aliphatic heterocycles. The number of aromatic nitrogens is 3. The van der Waals surface area contributed by atoms with Crippen LogP contribution in [0.2, 0.25) is 0 Å². The van der Waals surface area contributed by atoms with Crippen molar-refractivity contribution in [2.24, 2.45) is 5.73 Å². The summed E-state index contributed by atoms with van der Waals surface area (Å²) in [5.74, 6) is 0. The fourth-order valence-corrected chi connectivity index (χ4v) is 0.656. The van der Waals surface area contributed by atoms with Gasteiger partial charge in [0.1, 0.15) is 18.7 Å². The van der Waals surface area contributed by atoms with Crippen LogP contribution < -0.4 is 5.73 Å². The Morgan fingerprint density at radius 2 is 2.50 bits per heavy atom. The summed E-state index contributed by atoms with van der Waals surface area (Å²) in [6.07, 6.45) is 3.04. The molecule has 4 nitrogen and oxygen atoms in total. The van der Waals surface area contributed by atoms with E-state index in [9.17, 15) is 0 Å². The van der Waals surface area contributed by atoms with Crippen LogP contribution in [0.4, 0.5) is 0 Å². The lowest BCUT2D eigenvalue weighted by Gasteiger charge is -2.07. The van der Waals surface area contributed by atoms with Crippen molar-refractivity contribution in [3.8, 4) is 0 Å². The molecule has 0 amide bonds. The van der Waals surface area contributed by atoms with Crippen LogP contribution in [0.15, 0.2) is 12.7 Å². The molecule has 0 bridgehead atoms. The molecule has 1 rings (SSSR count). The highest BCUT2D eigenvalue weighted by atomic mass is 32.1. The van der Waals surface area contributed by atoms with E-state index < -0.39 is 0 Å². The third-order valence-corrected chi connectivity index (χ3v) is 1.59. The smallest absolute Gasteiger partial charge is 0.137 e. The SMILES string of the molecule is CC(C(N)=S)n1cncn1. The molecule has 5 heteroatoms. The second kappa shape index (κ2) is 2.74. The minimum absolute atomic E-state index is 0.0440. The molecule has 1 aromatic heterocycles. The molecule has 54 valence electrons. The highest BCUT2D eigenvalue weighted by Crippen LogP contribution is 2.00. The number of hydrogen-bond donors (Lipinski definition) is 1. The van der Waals surface area contributed by atoms with Crippen molar-refractivity contribution in [3.05, 3.63) is 12.7 Å². The Bertz CT molecular complexity index is 218. The summed E-state index contributed by atoms with van der Waals surface area (Å²) in [6.45, 7) is 1.87. The topological polar surface area (TPSA) is 56.7 Å². The fraction of sp³-hybridized carbons (Fsp3) is 0.400. The molecule has 1 unspecified atom stereocenters. The average Bonchev–Trinajstić information content (AvgIpc) is 2.36. The van der Waals surface area contributed by atoms with Crippen LogP contribution in [0.25, 0.3) is 0 Å². The monoisotopic (exact) mass is 156 g/mol. The molecule has 1 atom stereocenters. The van der Waals surface area contributed by atoms with E-state index in [1.165, 1.54) is 6.33 Å². The Morgan fingerprint density at radius 3 is 2.90 bits per heavy atom. The molecule has 0 fully saturated rings. The first-order valence-corrected chi connectivity index (χ1v) is 3.26. The van der Waals surface area contributed by atoms with E-state index >= 15 is 0 Å². The molecule has 2 N–H and O–H groups in total. The van der Waals surface area contributed by atoms with E-state index in [1.54, 1.807) is 11.0 Å². The number of hydrogen-bond acceptors (Lipinski definition) is 3. The maximum absolute atomic E-state index is 5.37. The zero-order chi connectivity index (χ0) is 7.56. The fourth-order valence-electron chi connectivity index (χ4n) is 0.548. The minimum atomic E-state index is -0.0440. The largest absolute Gasteiger partial charge is 0.392 e. The van der Waals surface area contributed by atoms with Crippen molar-refractivity contribution < 1.29 is 0 Å². The molecule has 1 aromatic rings. The number of nitrogens with zero attached hydrogens (tertiary/aromatic N) is 3. The van der Waals surface area contributed by atoms with Gasteiger partial charge in [-0.2, -0.15) is 5.10 Å². The van der Waals surface area contributed by atoms with E-state index in [1.807, 2.05) is 6.92 Å². The Labute approximate surface area is 64.1 Å². The van der Waals surface area contributed by atoms with E-state index in [-0.39, 0.29) is 6.04 Å². The van der Waals surface area contributed by atoms with Crippen LogP contribution in [0, 0.1) is 0 Å². The summed E-state index contributed by atoms with van der Waals surface area (Å²) < 4.78 is 1.61. The van der Waals surface area contributed by atoms with Gasteiger partial charge in [-0.05, 0) is 6.92 Å². The molecule has 0 aliphatic rings. The highest BCUT2D eigenvalue weighted by molar-refractivity contribution is 7.80. The lowest BCUT2D eigenvalue weighted by Crippen LogP contribution is -2.22. The van der Waals surface area contributed by atoms with Crippen molar-refractivity contribution >= 4 is 17.2 Å². The van der Waals surface area contributed by atoms with Crippen LogP contribution in [0.1, 0.15) is 13.0 Å². The van der Waals surface area contributed by atoms with E-state index in [0.29, 0.717) is 4.99 Å². The molecular formula is C5H8N4S. The first-order chi connectivity index (χ1) is 4.72. The van der Waals surface area contributed by atoms with Gasteiger partial charge in [-0.3, -0.25) is 0 Å². The summed E-state index contributed by atoms with van der Waals surface area (Å²) in [5, 5.41) is 3.88. The lowest BCUT2D eigenvalue weighted by atomic mass is 10.3. The summed E-state index contributed by atoms with van der Waals surface area (Å²) in [5.41, 5.74) is 5.37. The predicted molar refractivity (Wildman–Crippen MR) is 41.5 cm³/mol. The number of rotatable bonds is 2. The van der Waals surface area contributed by atoms with Gasteiger partial charge in [-0.15, -0.1) is 0 Å². The Hall–Kier alpha value is -0.970. The maximum Gasteiger partial charge on any atom is 0.137 e. The van der Waals surface area contributed by atoms with Crippen LogP contribution in [0.5, 0.6) is 0 Å². The minimum Gasteiger partial charge on any atom is -0.392 e. The van der Waals surface area contributed by atoms with Gasteiger partial charge in [-0.25, -0.2) is 9.67 Å². The molecule has 0 spiro atoms. The van der Waals surface area contributed by atoms with E-state index in [2.05, 4.69) is 10.1 Å². The highest BCUT2D eigenvalue weighted by Gasteiger charge is 2.05. The first-order valence-electron chi connectivity index (χ1n) is 2.85. The van der Waals surface area contributed by atoms with Gasteiger partial charge in [0.25, 0.3) is 0 Å². The average molecular weight is 156 g/mol. The van der Waals surface area contributed by atoms with Crippen molar-refractivity contribution in [1.29, 1.82) is 0 Å². The molecule has 0 aliphatic carbocycles. The van der Waals surface area contributed by atoms with Crippen LogP contribution in [-0.2, 0) is 0 Å². The molecule has 10 heavy (non-hydrogen) atoms. The van der Waals surface area contributed by atoms with Gasteiger partial charge in [-0.1, -0.05) is 12.2 Å². The summed E-state index contributed by atoms with van der Waals surface area (Å²) in [6, 6.07) is -0.0440. The van der Waals surface area contributed by atoms with Crippen molar-refractivity contribution in [2.75, 3.05) is 0 Å². The second-order valence-corrected chi connectivity index (χ2v) is 2.43. The van der Waals surface area contributed by atoms with Crippen LogP contribution in [0.3, 0.4) is 0 Å². The summed E-state index contributed by atoms with van der Waals surface area (Å²) >= 11 is 4.76. The molecule has 0 saturated carbocycles. The zero-order valence-electron chi connectivity index (χ0n) is 5.56. The van der Waals surface area contributed by atoms with Gasteiger partial charge in [0.15, 0.2) is 0 Å². The third kappa shape index (κ3) is 1.30. The van der Waals surface area contributed by atoms with Gasteiger partial charge in [0, 0.05) is 0 Å². The standard InChI is InChI=1S/C5H8N4S/c1-4(5(6)10)9-3-7-2-8-9/h2-4H,1H3,(H2,6,10). The van der Waals surface area contributed by atoms with E-state index in [0.717, 1.165) is 0 Å². The molecule has 0 saturated heterocycles. The van der Waals surface area contributed by atoms with E-state index in [4.69, 9.17) is 18.0 Å². The lowest BCUT2D eigenvalue weighted by molar-refractivity contribution is 0.609. The Morgan fingerprint density at radius 1 is 1.80 bits per heavy atom. The normalized spacial score (nSPS) is 12.9. The summed E-state index contributed by atoms with van der Waals surface area (Å²) in [4.78, 5) is 4.18.